The second-order valence-corrected chi connectivity index (χ2v) is 5.93. The van der Waals surface area contributed by atoms with E-state index in [2.05, 4.69) is 21.2 Å². The molecule has 0 saturated carbocycles. The van der Waals surface area contributed by atoms with E-state index in [1.165, 1.54) is 11.3 Å². The molecule has 0 saturated heterocycles. The number of hydrogen-bond acceptors (Lipinski definition) is 5. The molecule has 19 heavy (non-hydrogen) atoms. The number of thiazole rings is 1. The highest BCUT2D eigenvalue weighted by molar-refractivity contribution is 7.09. The molecule has 3 rings (SSSR count). The molecule has 1 aliphatic rings. The molecule has 1 atom stereocenters. The summed E-state index contributed by atoms with van der Waals surface area (Å²) in [6.07, 6.45) is 3.99. The van der Waals surface area contributed by atoms with Gasteiger partial charge in [0.1, 0.15) is 5.01 Å². The molecule has 0 spiro atoms. The minimum Gasteiger partial charge on any atom is -0.384 e. The number of hydrogen-bond donors (Lipinski definition) is 0. The number of rotatable bonds is 4. The molecule has 3 heterocycles. The Bertz CT molecular complexity index is 537. The third-order valence-corrected chi connectivity index (χ3v) is 4.20. The summed E-state index contributed by atoms with van der Waals surface area (Å²) in [5.74, 6) is 0.405. The van der Waals surface area contributed by atoms with Crippen LogP contribution in [-0.2, 0) is 24.9 Å². The van der Waals surface area contributed by atoms with Crippen molar-refractivity contribution in [2.24, 2.45) is 7.05 Å². The average molecular weight is 278 g/mol. The SMILES string of the molecule is COC[C@H]1CN(Cc2nccs2)Cc2nn(C)cc21. The van der Waals surface area contributed by atoms with Crippen LogP contribution in [0.3, 0.4) is 0 Å². The third-order valence-electron chi connectivity index (χ3n) is 3.44. The Labute approximate surface area is 116 Å². The lowest BCUT2D eigenvalue weighted by atomic mass is 9.96. The van der Waals surface area contributed by atoms with Crippen LogP contribution in [0.25, 0.3) is 0 Å². The van der Waals surface area contributed by atoms with Gasteiger partial charge >= 0.3 is 0 Å². The maximum Gasteiger partial charge on any atom is 0.107 e. The highest BCUT2D eigenvalue weighted by atomic mass is 32.1. The summed E-state index contributed by atoms with van der Waals surface area (Å²) in [4.78, 5) is 6.76. The second-order valence-electron chi connectivity index (χ2n) is 4.95. The van der Waals surface area contributed by atoms with Crippen molar-refractivity contribution in [2.75, 3.05) is 20.3 Å². The molecular formula is C13H18N4OS. The van der Waals surface area contributed by atoms with Crippen molar-refractivity contribution < 1.29 is 4.74 Å². The van der Waals surface area contributed by atoms with Gasteiger partial charge in [-0.15, -0.1) is 11.3 Å². The van der Waals surface area contributed by atoms with Crippen LogP contribution in [0.4, 0.5) is 0 Å². The van der Waals surface area contributed by atoms with Gasteiger partial charge in [0.2, 0.25) is 0 Å². The molecule has 0 amide bonds. The van der Waals surface area contributed by atoms with Crippen LogP contribution in [0, 0.1) is 0 Å². The van der Waals surface area contributed by atoms with Crippen molar-refractivity contribution in [3.8, 4) is 0 Å². The molecule has 0 unspecified atom stereocenters. The Morgan fingerprint density at radius 2 is 2.42 bits per heavy atom. The van der Waals surface area contributed by atoms with Crippen LogP contribution < -0.4 is 0 Å². The fourth-order valence-electron chi connectivity index (χ4n) is 2.69. The van der Waals surface area contributed by atoms with E-state index >= 15 is 0 Å². The molecular weight excluding hydrogens is 260 g/mol. The van der Waals surface area contributed by atoms with Gasteiger partial charge in [-0.2, -0.15) is 5.10 Å². The fourth-order valence-corrected chi connectivity index (χ4v) is 3.35. The average Bonchev–Trinajstić information content (AvgIpc) is 2.98. The first kappa shape index (κ1) is 12.8. The van der Waals surface area contributed by atoms with Crippen LogP contribution >= 0.6 is 11.3 Å². The van der Waals surface area contributed by atoms with Gasteiger partial charge < -0.3 is 4.74 Å². The van der Waals surface area contributed by atoms with Crippen molar-refractivity contribution in [2.45, 2.75) is 19.0 Å². The van der Waals surface area contributed by atoms with Gasteiger partial charge in [-0.05, 0) is 0 Å². The summed E-state index contributed by atoms with van der Waals surface area (Å²) in [6.45, 7) is 3.54. The highest BCUT2D eigenvalue weighted by Gasteiger charge is 2.28. The van der Waals surface area contributed by atoms with Gasteiger partial charge in [0.05, 0.1) is 18.8 Å². The number of fused-ring (bicyclic) bond motifs is 1. The van der Waals surface area contributed by atoms with E-state index in [0.717, 1.165) is 31.2 Å². The summed E-state index contributed by atoms with van der Waals surface area (Å²) in [6, 6.07) is 0. The highest BCUT2D eigenvalue weighted by Crippen LogP contribution is 2.28. The molecule has 0 fully saturated rings. The van der Waals surface area contributed by atoms with E-state index in [-0.39, 0.29) is 0 Å². The minimum absolute atomic E-state index is 0.405. The topological polar surface area (TPSA) is 43.2 Å². The molecule has 0 aliphatic carbocycles. The van der Waals surface area contributed by atoms with E-state index in [1.807, 2.05) is 23.3 Å². The van der Waals surface area contributed by atoms with Gasteiger partial charge in [0.15, 0.2) is 0 Å². The zero-order valence-electron chi connectivity index (χ0n) is 11.2. The van der Waals surface area contributed by atoms with Crippen molar-refractivity contribution in [3.63, 3.8) is 0 Å². The molecule has 0 radical (unpaired) electrons. The van der Waals surface area contributed by atoms with Crippen molar-refractivity contribution in [1.82, 2.24) is 19.7 Å². The molecule has 5 nitrogen and oxygen atoms in total. The van der Waals surface area contributed by atoms with Crippen LogP contribution in [0.1, 0.15) is 22.2 Å². The molecule has 0 bridgehead atoms. The van der Waals surface area contributed by atoms with E-state index in [0.29, 0.717) is 5.92 Å². The summed E-state index contributed by atoms with van der Waals surface area (Å²) in [5.41, 5.74) is 2.51. The maximum absolute atomic E-state index is 5.35. The summed E-state index contributed by atoms with van der Waals surface area (Å²) in [7, 11) is 3.74. The first-order chi connectivity index (χ1) is 9.26. The molecule has 6 heteroatoms. The van der Waals surface area contributed by atoms with Crippen LogP contribution in [0.15, 0.2) is 17.8 Å². The van der Waals surface area contributed by atoms with Crippen molar-refractivity contribution in [3.05, 3.63) is 34.0 Å². The number of methoxy groups -OCH3 is 1. The standard InChI is InChI=1S/C13H18N4OS/c1-16-6-11-10(9-18-2)5-17(7-12(11)15-16)8-13-14-3-4-19-13/h3-4,6,10H,5,7-9H2,1-2H3/t10-/m1/s1. The quantitative estimate of drug-likeness (QED) is 0.852. The molecule has 2 aromatic rings. The molecule has 1 aliphatic heterocycles. The maximum atomic E-state index is 5.35. The summed E-state index contributed by atoms with van der Waals surface area (Å²) >= 11 is 1.71. The number of aryl methyl sites for hydroxylation is 1. The predicted molar refractivity (Wildman–Crippen MR) is 74.1 cm³/mol. The van der Waals surface area contributed by atoms with E-state index in [1.54, 1.807) is 18.4 Å². The third kappa shape index (κ3) is 2.70. The number of aromatic nitrogens is 3. The number of ether oxygens (including phenoxy) is 1. The Morgan fingerprint density at radius 1 is 1.53 bits per heavy atom. The lowest BCUT2D eigenvalue weighted by Crippen LogP contribution is -2.34. The second kappa shape index (κ2) is 5.40. The lowest BCUT2D eigenvalue weighted by Gasteiger charge is -2.31. The Hall–Kier alpha value is -1.24. The van der Waals surface area contributed by atoms with Crippen LogP contribution in [-0.4, -0.2) is 39.9 Å². The van der Waals surface area contributed by atoms with Crippen molar-refractivity contribution in [1.29, 1.82) is 0 Å². The van der Waals surface area contributed by atoms with Gasteiger partial charge in [0, 0.05) is 56.5 Å². The Balaban J connectivity index is 1.79. The van der Waals surface area contributed by atoms with Crippen LogP contribution in [0.2, 0.25) is 0 Å². The normalized spacial score (nSPS) is 19.6. The fraction of sp³-hybridized carbons (Fsp3) is 0.538. The first-order valence-electron chi connectivity index (χ1n) is 6.38. The summed E-state index contributed by atoms with van der Waals surface area (Å²) in [5, 5.41) is 7.75. The molecule has 2 aromatic heterocycles. The van der Waals surface area contributed by atoms with Crippen LogP contribution in [0.5, 0.6) is 0 Å². The largest absolute Gasteiger partial charge is 0.384 e. The smallest absolute Gasteiger partial charge is 0.107 e. The van der Waals surface area contributed by atoms with E-state index in [9.17, 15) is 0 Å². The zero-order chi connectivity index (χ0) is 13.2. The van der Waals surface area contributed by atoms with Gasteiger partial charge in [0.25, 0.3) is 0 Å². The van der Waals surface area contributed by atoms with Gasteiger partial charge in [-0.3, -0.25) is 9.58 Å². The number of nitrogens with zero attached hydrogens (tertiary/aromatic N) is 4. The Morgan fingerprint density at radius 3 is 3.16 bits per heavy atom. The monoisotopic (exact) mass is 278 g/mol. The van der Waals surface area contributed by atoms with Gasteiger partial charge in [-0.1, -0.05) is 0 Å². The van der Waals surface area contributed by atoms with Gasteiger partial charge in [-0.25, -0.2) is 4.98 Å². The zero-order valence-corrected chi connectivity index (χ0v) is 12.1. The molecule has 0 N–H and O–H groups in total. The van der Waals surface area contributed by atoms with E-state index in [4.69, 9.17) is 4.74 Å². The Kier molecular flexibility index (Phi) is 3.63. The predicted octanol–water partition coefficient (Wildman–Crippen LogP) is 1.62. The van der Waals surface area contributed by atoms with Crippen molar-refractivity contribution >= 4 is 11.3 Å². The first-order valence-corrected chi connectivity index (χ1v) is 7.26. The lowest BCUT2D eigenvalue weighted by molar-refractivity contribution is 0.135. The molecule has 0 aromatic carbocycles. The molecule has 102 valence electrons. The van der Waals surface area contributed by atoms with E-state index < -0.39 is 0 Å². The minimum atomic E-state index is 0.405. The summed E-state index contributed by atoms with van der Waals surface area (Å²) < 4.78 is 7.26.